The molecule has 4 heteroatoms. The van der Waals surface area contributed by atoms with Crippen LogP contribution in [0.2, 0.25) is 0 Å². The molecule has 1 aromatic heterocycles. The molecule has 0 aliphatic heterocycles. The summed E-state index contributed by atoms with van der Waals surface area (Å²) in [6, 6.07) is 5.94. The second kappa shape index (κ2) is 6.97. The molecule has 0 bridgehead atoms. The normalized spacial score (nSPS) is 15.4. The molecular weight excluding hydrogens is 276 g/mol. The van der Waals surface area contributed by atoms with Gasteiger partial charge in [0.1, 0.15) is 11.6 Å². The van der Waals surface area contributed by atoms with Crippen molar-refractivity contribution in [2.75, 3.05) is 6.61 Å². The molecular formula is C18H24N2O2. The Morgan fingerprint density at radius 1 is 1.32 bits per heavy atom. The Balaban J connectivity index is 1.86. The van der Waals surface area contributed by atoms with Gasteiger partial charge in [-0.25, -0.2) is 4.98 Å². The summed E-state index contributed by atoms with van der Waals surface area (Å²) in [5.74, 6) is 2.50. The van der Waals surface area contributed by atoms with Crippen molar-refractivity contribution in [1.29, 1.82) is 0 Å². The topological polar surface area (TPSA) is 47.3 Å². The summed E-state index contributed by atoms with van der Waals surface area (Å²) in [7, 11) is 0. The fourth-order valence-electron chi connectivity index (χ4n) is 3.33. The summed E-state index contributed by atoms with van der Waals surface area (Å²) in [4.78, 5) is 4.52. The van der Waals surface area contributed by atoms with Crippen molar-refractivity contribution in [1.82, 2.24) is 9.55 Å². The Bertz CT molecular complexity index is 615. The van der Waals surface area contributed by atoms with Crippen molar-refractivity contribution in [3.8, 4) is 17.1 Å². The summed E-state index contributed by atoms with van der Waals surface area (Å²) in [6.45, 7) is 3.57. The van der Waals surface area contributed by atoms with Crippen LogP contribution in [0.5, 0.6) is 5.75 Å². The number of hydrogen-bond donors (Lipinski definition) is 1. The summed E-state index contributed by atoms with van der Waals surface area (Å²) in [5, 5.41) is 9.56. The first kappa shape index (κ1) is 15.1. The van der Waals surface area contributed by atoms with Crippen LogP contribution in [-0.4, -0.2) is 21.3 Å². The van der Waals surface area contributed by atoms with E-state index in [1.54, 1.807) is 0 Å². The van der Waals surface area contributed by atoms with E-state index in [9.17, 15) is 5.11 Å². The van der Waals surface area contributed by atoms with E-state index in [2.05, 4.69) is 15.7 Å². The van der Waals surface area contributed by atoms with Crippen LogP contribution in [0.15, 0.2) is 30.6 Å². The summed E-state index contributed by atoms with van der Waals surface area (Å²) in [6.07, 6.45) is 9.27. The third-order valence-electron chi connectivity index (χ3n) is 4.43. The standard InChI is InChI=1S/C18H24N2O2/c1-2-22-17-8-7-15(11-16(17)13-21)18-19-9-10-20(18)12-14-5-3-4-6-14/h7-11,14,21H,2-6,12-13H2,1H3. The van der Waals surface area contributed by atoms with Gasteiger partial charge in [-0.1, -0.05) is 12.8 Å². The van der Waals surface area contributed by atoms with E-state index in [0.29, 0.717) is 6.61 Å². The van der Waals surface area contributed by atoms with Gasteiger partial charge in [-0.3, -0.25) is 0 Å². The molecule has 0 saturated heterocycles. The minimum Gasteiger partial charge on any atom is -0.494 e. The van der Waals surface area contributed by atoms with Gasteiger partial charge in [0.15, 0.2) is 0 Å². The molecule has 0 radical (unpaired) electrons. The maximum absolute atomic E-state index is 9.56. The predicted octanol–water partition coefficient (Wildman–Crippen LogP) is 3.63. The van der Waals surface area contributed by atoms with Gasteiger partial charge >= 0.3 is 0 Å². The Morgan fingerprint density at radius 2 is 2.14 bits per heavy atom. The average molecular weight is 300 g/mol. The molecule has 118 valence electrons. The highest BCUT2D eigenvalue weighted by molar-refractivity contribution is 5.59. The zero-order valence-corrected chi connectivity index (χ0v) is 13.2. The molecule has 1 heterocycles. The van der Waals surface area contributed by atoms with Crippen LogP contribution >= 0.6 is 0 Å². The molecule has 1 saturated carbocycles. The maximum Gasteiger partial charge on any atom is 0.139 e. The lowest BCUT2D eigenvalue weighted by Gasteiger charge is -2.14. The minimum absolute atomic E-state index is 0.0213. The number of ether oxygens (including phenoxy) is 1. The van der Waals surface area contributed by atoms with E-state index in [1.807, 2.05) is 31.3 Å². The quantitative estimate of drug-likeness (QED) is 0.886. The molecule has 1 fully saturated rings. The highest BCUT2D eigenvalue weighted by atomic mass is 16.5. The van der Waals surface area contributed by atoms with Crippen LogP contribution in [0.4, 0.5) is 0 Å². The lowest BCUT2D eigenvalue weighted by atomic mass is 10.1. The van der Waals surface area contributed by atoms with E-state index >= 15 is 0 Å². The van der Waals surface area contributed by atoms with Gasteiger partial charge in [-0.05, 0) is 43.9 Å². The number of imidazole rings is 1. The number of hydrogen-bond acceptors (Lipinski definition) is 3. The van der Waals surface area contributed by atoms with Gasteiger partial charge in [0.2, 0.25) is 0 Å². The van der Waals surface area contributed by atoms with Crippen molar-refractivity contribution >= 4 is 0 Å². The first-order valence-corrected chi connectivity index (χ1v) is 8.20. The van der Waals surface area contributed by atoms with E-state index < -0.39 is 0 Å². The van der Waals surface area contributed by atoms with Crippen LogP contribution in [0.3, 0.4) is 0 Å². The highest BCUT2D eigenvalue weighted by Gasteiger charge is 2.17. The highest BCUT2D eigenvalue weighted by Crippen LogP contribution is 2.30. The molecule has 1 aliphatic rings. The zero-order chi connectivity index (χ0) is 15.4. The Morgan fingerprint density at radius 3 is 2.86 bits per heavy atom. The number of rotatable bonds is 6. The van der Waals surface area contributed by atoms with Crippen LogP contribution in [0.1, 0.15) is 38.2 Å². The largest absolute Gasteiger partial charge is 0.494 e. The van der Waals surface area contributed by atoms with E-state index in [0.717, 1.165) is 35.2 Å². The Hall–Kier alpha value is -1.81. The van der Waals surface area contributed by atoms with E-state index in [4.69, 9.17) is 4.74 Å². The molecule has 3 rings (SSSR count). The predicted molar refractivity (Wildman–Crippen MR) is 86.7 cm³/mol. The third-order valence-corrected chi connectivity index (χ3v) is 4.43. The number of aliphatic hydroxyl groups excluding tert-OH is 1. The molecule has 2 aromatic rings. The number of aliphatic hydroxyl groups is 1. The smallest absolute Gasteiger partial charge is 0.139 e. The molecule has 1 N–H and O–H groups in total. The number of nitrogens with zero attached hydrogens (tertiary/aromatic N) is 2. The van der Waals surface area contributed by atoms with Gasteiger partial charge < -0.3 is 14.4 Å². The van der Waals surface area contributed by atoms with Crippen molar-refractivity contribution in [2.24, 2.45) is 5.92 Å². The first-order valence-electron chi connectivity index (χ1n) is 8.20. The van der Waals surface area contributed by atoms with Crippen LogP contribution in [-0.2, 0) is 13.2 Å². The molecule has 4 nitrogen and oxygen atoms in total. The summed E-state index contributed by atoms with van der Waals surface area (Å²) >= 11 is 0. The lowest BCUT2D eigenvalue weighted by Crippen LogP contribution is -2.08. The average Bonchev–Trinajstić information content (AvgIpc) is 3.20. The number of aromatic nitrogens is 2. The Labute approximate surface area is 131 Å². The third kappa shape index (κ3) is 3.17. The van der Waals surface area contributed by atoms with Gasteiger partial charge in [0, 0.05) is 30.1 Å². The van der Waals surface area contributed by atoms with Crippen molar-refractivity contribution in [2.45, 2.75) is 45.8 Å². The molecule has 1 aliphatic carbocycles. The molecule has 0 atom stereocenters. The fraction of sp³-hybridized carbons (Fsp3) is 0.500. The van der Waals surface area contributed by atoms with E-state index in [-0.39, 0.29) is 6.61 Å². The molecule has 0 spiro atoms. The Kier molecular flexibility index (Phi) is 4.78. The molecule has 0 amide bonds. The van der Waals surface area contributed by atoms with Crippen molar-refractivity contribution in [3.63, 3.8) is 0 Å². The second-order valence-corrected chi connectivity index (χ2v) is 5.97. The van der Waals surface area contributed by atoms with Gasteiger partial charge in [0.05, 0.1) is 13.2 Å². The number of benzene rings is 1. The van der Waals surface area contributed by atoms with Gasteiger partial charge in [0.25, 0.3) is 0 Å². The minimum atomic E-state index is -0.0213. The first-order chi connectivity index (χ1) is 10.8. The SMILES string of the molecule is CCOc1ccc(-c2nccn2CC2CCCC2)cc1CO. The summed E-state index contributed by atoms with van der Waals surface area (Å²) in [5.41, 5.74) is 1.85. The molecule has 0 unspecified atom stereocenters. The van der Waals surface area contributed by atoms with E-state index in [1.165, 1.54) is 25.7 Å². The zero-order valence-electron chi connectivity index (χ0n) is 13.2. The van der Waals surface area contributed by atoms with Crippen LogP contribution in [0.25, 0.3) is 11.4 Å². The summed E-state index contributed by atoms with van der Waals surface area (Å²) < 4.78 is 7.79. The van der Waals surface area contributed by atoms with Crippen molar-refractivity contribution in [3.05, 3.63) is 36.2 Å². The maximum atomic E-state index is 9.56. The van der Waals surface area contributed by atoms with Crippen LogP contribution in [0, 0.1) is 5.92 Å². The molecule has 1 aromatic carbocycles. The van der Waals surface area contributed by atoms with Crippen molar-refractivity contribution < 1.29 is 9.84 Å². The fourth-order valence-corrected chi connectivity index (χ4v) is 3.33. The monoisotopic (exact) mass is 300 g/mol. The van der Waals surface area contributed by atoms with Crippen LogP contribution < -0.4 is 4.74 Å². The van der Waals surface area contributed by atoms with Gasteiger partial charge in [-0.2, -0.15) is 0 Å². The lowest BCUT2D eigenvalue weighted by molar-refractivity contribution is 0.267. The molecule has 22 heavy (non-hydrogen) atoms. The van der Waals surface area contributed by atoms with Gasteiger partial charge in [-0.15, -0.1) is 0 Å². The second-order valence-electron chi connectivity index (χ2n) is 5.97.